The maximum Gasteiger partial charge on any atom is 0.290 e. The first kappa shape index (κ1) is 25.3. The lowest BCUT2D eigenvalue weighted by molar-refractivity contribution is -0.131. The van der Waals surface area contributed by atoms with E-state index >= 15 is 0 Å². The Labute approximate surface area is 218 Å². The average molecular weight is 552 g/mol. The Morgan fingerprint density at radius 1 is 0.972 bits per heavy atom. The van der Waals surface area contributed by atoms with Gasteiger partial charge < -0.3 is 24.2 Å². The van der Waals surface area contributed by atoms with E-state index in [1.165, 1.54) is 25.2 Å². The molecule has 0 radical (unpaired) electrons. The van der Waals surface area contributed by atoms with Crippen molar-refractivity contribution in [2.24, 2.45) is 0 Å². The van der Waals surface area contributed by atoms with Crippen LogP contribution in [-0.4, -0.2) is 43.0 Å². The van der Waals surface area contributed by atoms with Gasteiger partial charge in [-0.2, -0.15) is 0 Å². The molecule has 0 bridgehead atoms. The molecule has 8 heteroatoms. The van der Waals surface area contributed by atoms with Crippen LogP contribution in [0.1, 0.15) is 27.0 Å². The van der Waals surface area contributed by atoms with Crippen LogP contribution in [-0.2, 0) is 16.9 Å². The zero-order valence-electron chi connectivity index (χ0n) is 20.4. The summed E-state index contributed by atoms with van der Waals surface area (Å²) in [5.74, 6) is -0.0545. The van der Waals surface area contributed by atoms with Gasteiger partial charge >= 0.3 is 0 Å². The second-order valence-corrected chi connectivity index (χ2v) is 9.26. The van der Waals surface area contributed by atoms with Crippen molar-refractivity contribution in [3.63, 3.8) is 0 Å². The Morgan fingerprint density at radius 2 is 1.72 bits per heavy atom. The van der Waals surface area contributed by atoms with E-state index in [4.69, 9.17) is 14.2 Å². The molecule has 36 heavy (non-hydrogen) atoms. The number of ether oxygens (including phenoxy) is 3. The van der Waals surface area contributed by atoms with Gasteiger partial charge in [-0.3, -0.25) is 9.59 Å². The van der Waals surface area contributed by atoms with Crippen molar-refractivity contribution in [2.75, 3.05) is 21.3 Å². The third kappa shape index (κ3) is 4.33. The second kappa shape index (κ2) is 10.1. The van der Waals surface area contributed by atoms with Crippen LogP contribution in [0, 0.1) is 6.92 Å². The molecule has 3 aromatic carbocycles. The van der Waals surface area contributed by atoms with Crippen molar-refractivity contribution >= 4 is 27.6 Å². The van der Waals surface area contributed by atoms with E-state index in [2.05, 4.69) is 15.9 Å². The first-order valence-corrected chi connectivity index (χ1v) is 11.9. The first-order valence-electron chi connectivity index (χ1n) is 11.1. The third-order valence-corrected chi connectivity index (χ3v) is 7.19. The fourth-order valence-electron chi connectivity index (χ4n) is 4.42. The number of benzene rings is 3. The van der Waals surface area contributed by atoms with Crippen molar-refractivity contribution in [2.45, 2.75) is 19.0 Å². The number of halogens is 1. The highest BCUT2D eigenvalue weighted by Crippen LogP contribution is 2.44. The molecule has 1 heterocycles. The van der Waals surface area contributed by atoms with Crippen molar-refractivity contribution < 1.29 is 28.9 Å². The summed E-state index contributed by atoms with van der Waals surface area (Å²) < 4.78 is 17.1. The standard InChI is InChI=1S/C28H26BrNO6/c1-17-12-19(8-10-22(17)29)26(32)28(20-9-11-24(35-3)25(14-20)36-4)15-23(31)27(33)30(28)16-18-6-5-7-21(13-18)34-2/h5-15,31H,16H2,1-4H3. The summed E-state index contributed by atoms with van der Waals surface area (Å²) >= 11 is 3.47. The van der Waals surface area contributed by atoms with Crippen LogP contribution in [0.2, 0.25) is 0 Å². The highest BCUT2D eigenvalue weighted by Gasteiger charge is 2.52. The molecule has 1 aliphatic heterocycles. The lowest BCUT2D eigenvalue weighted by atomic mass is 9.81. The minimum absolute atomic E-state index is 0.0478. The molecule has 1 amide bonds. The summed E-state index contributed by atoms with van der Waals surface area (Å²) in [5.41, 5.74) is 0.797. The summed E-state index contributed by atoms with van der Waals surface area (Å²) in [5, 5.41) is 10.7. The molecule has 0 spiro atoms. The number of Topliss-reactive ketones (excluding diaryl/α,β-unsaturated/α-hetero) is 1. The van der Waals surface area contributed by atoms with Gasteiger partial charge in [0.1, 0.15) is 5.75 Å². The van der Waals surface area contributed by atoms with Crippen LogP contribution in [0.15, 0.2) is 77.0 Å². The lowest BCUT2D eigenvalue weighted by Gasteiger charge is -2.37. The lowest BCUT2D eigenvalue weighted by Crippen LogP contribution is -2.49. The van der Waals surface area contributed by atoms with E-state index < -0.39 is 17.2 Å². The van der Waals surface area contributed by atoms with Gasteiger partial charge in [0, 0.05) is 22.7 Å². The number of aryl methyl sites for hydroxylation is 1. The second-order valence-electron chi connectivity index (χ2n) is 8.40. The van der Waals surface area contributed by atoms with Gasteiger partial charge in [-0.25, -0.2) is 0 Å². The highest BCUT2D eigenvalue weighted by molar-refractivity contribution is 9.10. The Bertz CT molecular complexity index is 1370. The van der Waals surface area contributed by atoms with Crippen LogP contribution >= 0.6 is 15.9 Å². The number of aliphatic hydroxyl groups is 1. The van der Waals surface area contributed by atoms with E-state index in [-0.39, 0.29) is 12.3 Å². The summed E-state index contributed by atoms with van der Waals surface area (Å²) in [4.78, 5) is 29.1. The Hall–Kier alpha value is -3.78. The zero-order chi connectivity index (χ0) is 26.0. The van der Waals surface area contributed by atoms with E-state index in [9.17, 15) is 14.7 Å². The summed E-state index contributed by atoms with van der Waals surface area (Å²) in [7, 11) is 4.57. The number of methoxy groups -OCH3 is 3. The minimum Gasteiger partial charge on any atom is -0.503 e. The maximum atomic E-state index is 14.3. The van der Waals surface area contributed by atoms with Gasteiger partial charge in [-0.15, -0.1) is 0 Å². The molecule has 1 unspecified atom stereocenters. The van der Waals surface area contributed by atoms with Gasteiger partial charge in [0.2, 0.25) is 0 Å². The fourth-order valence-corrected chi connectivity index (χ4v) is 4.67. The minimum atomic E-state index is -1.63. The predicted octanol–water partition coefficient (Wildman–Crippen LogP) is 5.35. The van der Waals surface area contributed by atoms with Crippen LogP contribution in [0.5, 0.6) is 17.2 Å². The SMILES string of the molecule is COc1cccc(CN2C(=O)C(O)=CC2(C(=O)c2ccc(Br)c(C)c2)c2ccc(OC)c(OC)c2)c1. The molecule has 186 valence electrons. The van der Waals surface area contributed by atoms with Crippen molar-refractivity contribution in [3.05, 3.63) is 99.2 Å². The largest absolute Gasteiger partial charge is 0.503 e. The van der Waals surface area contributed by atoms with Gasteiger partial charge in [0.15, 0.2) is 28.6 Å². The van der Waals surface area contributed by atoms with Crippen molar-refractivity contribution in [3.8, 4) is 17.2 Å². The summed E-state index contributed by atoms with van der Waals surface area (Å²) in [6.07, 6.45) is 1.32. The van der Waals surface area contributed by atoms with E-state index in [0.717, 1.165) is 15.6 Å². The van der Waals surface area contributed by atoms with E-state index in [0.29, 0.717) is 28.4 Å². The maximum absolute atomic E-state index is 14.3. The molecule has 3 aromatic rings. The average Bonchev–Trinajstić information content (AvgIpc) is 3.15. The van der Waals surface area contributed by atoms with E-state index in [1.54, 1.807) is 61.7 Å². The number of hydrogen-bond acceptors (Lipinski definition) is 6. The predicted molar refractivity (Wildman–Crippen MR) is 139 cm³/mol. The molecule has 0 aliphatic carbocycles. The quantitative estimate of drug-likeness (QED) is 0.380. The van der Waals surface area contributed by atoms with Crippen LogP contribution < -0.4 is 14.2 Å². The molecule has 0 saturated carbocycles. The molecule has 7 nitrogen and oxygen atoms in total. The fraction of sp³-hybridized carbons (Fsp3) is 0.214. The van der Waals surface area contributed by atoms with Crippen LogP contribution in [0.25, 0.3) is 0 Å². The van der Waals surface area contributed by atoms with Crippen LogP contribution in [0.4, 0.5) is 0 Å². The number of nitrogens with zero attached hydrogens (tertiary/aromatic N) is 1. The molecule has 0 saturated heterocycles. The van der Waals surface area contributed by atoms with Gasteiger partial charge in [0.05, 0.1) is 21.3 Å². The van der Waals surface area contributed by atoms with Crippen molar-refractivity contribution in [1.29, 1.82) is 0 Å². The number of ketones is 1. The molecule has 4 rings (SSSR count). The number of hydrogen-bond donors (Lipinski definition) is 1. The Balaban J connectivity index is 1.95. The number of rotatable bonds is 8. The molecule has 0 aromatic heterocycles. The molecular weight excluding hydrogens is 526 g/mol. The molecule has 1 N–H and O–H groups in total. The summed E-state index contributed by atoms with van der Waals surface area (Å²) in [6.45, 7) is 1.93. The van der Waals surface area contributed by atoms with Gasteiger partial charge in [0.25, 0.3) is 5.91 Å². The van der Waals surface area contributed by atoms with Gasteiger partial charge in [-0.05, 0) is 60.0 Å². The number of aliphatic hydroxyl groups excluding tert-OH is 1. The van der Waals surface area contributed by atoms with Gasteiger partial charge in [-0.1, -0.05) is 40.2 Å². The van der Waals surface area contributed by atoms with E-state index in [1.807, 2.05) is 13.0 Å². The zero-order valence-corrected chi connectivity index (χ0v) is 22.0. The topological polar surface area (TPSA) is 85.3 Å². The Morgan fingerprint density at radius 3 is 2.39 bits per heavy atom. The highest BCUT2D eigenvalue weighted by atomic mass is 79.9. The normalized spacial score (nSPS) is 17.1. The molecule has 1 atom stereocenters. The molecule has 0 fully saturated rings. The first-order chi connectivity index (χ1) is 17.2. The van der Waals surface area contributed by atoms with Crippen molar-refractivity contribution in [1.82, 2.24) is 4.90 Å². The smallest absolute Gasteiger partial charge is 0.290 e. The number of amides is 1. The molecular formula is C28H26BrNO6. The summed E-state index contributed by atoms with van der Waals surface area (Å²) in [6, 6.07) is 17.5. The molecule has 1 aliphatic rings. The Kier molecular flexibility index (Phi) is 7.08. The van der Waals surface area contributed by atoms with Crippen LogP contribution in [0.3, 0.4) is 0 Å². The third-order valence-electron chi connectivity index (χ3n) is 6.30. The number of carbonyl (C=O) groups is 2. The monoisotopic (exact) mass is 551 g/mol. The number of carbonyl (C=O) groups excluding carboxylic acids is 2.